The minimum absolute atomic E-state index is 0.00943. The molecule has 0 aliphatic rings. The molecule has 3 nitrogen and oxygen atoms in total. The monoisotopic (exact) mass is 303 g/mol. The lowest BCUT2D eigenvalue weighted by Gasteiger charge is -2.09. The van der Waals surface area contributed by atoms with E-state index in [1.54, 1.807) is 18.2 Å². The van der Waals surface area contributed by atoms with Crippen molar-refractivity contribution in [3.63, 3.8) is 0 Å². The number of alkyl halides is 1. The number of halogens is 3. The van der Waals surface area contributed by atoms with Crippen molar-refractivity contribution in [1.82, 2.24) is 9.55 Å². The Balaban J connectivity index is 2.42. The lowest BCUT2D eigenvalue weighted by atomic mass is 10.2. The van der Waals surface area contributed by atoms with Gasteiger partial charge in [-0.15, -0.1) is 11.6 Å². The first-order valence-corrected chi connectivity index (χ1v) is 6.61. The van der Waals surface area contributed by atoms with Gasteiger partial charge in [-0.05, 0) is 24.3 Å². The van der Waals surface area contributed by atoms with E-state index in [9.17, 15) is 8.78 Å². The van der Waals surface area contributed by atoms with Gasteiger partial charge in [0.25, 0.3) is 0 Å². The first kappa shape index (κ1) is 13.5. The largest absolute Gasteiger partial charge is 0.292 e. The standard InChI is InChI=1S/C15H8ClF2N3/c16-7-14-20-15-9(8-19)2-1-3-12(15)21(14)13-6-10(17)4-5-11(13)18/h1-6H,7H2. The first-order valence-electron chi connectivity index (χ1n) is 6.07. The summed E-state index contributed by atoms with van der Waals surface area (Å²) in [4.78, 5) is 4.27. The molecule has 6 heteroatoms. The van der Waals surface area contributed by atoms with Gasteiger partial charge in [-0.25, -0.2) is 13.8 Å². The molecule has 0 aliphatic heterocycles. The smallest absolute Gasteiger partial charge is 0.147 e. The van der Waals surface area contributed by atoms with Gasteiger partial charge in [-0.3, -0.25) is 4.57 Å². The predicted octanol–water partition coefficient (Wildman–Crippen LogP) is 3.91. The molecule has 104 valence electrons. The van der Waals surface area contributed by atoms with Crippen molar-refractivity contribution in [3.05, 3.63) is 59.4 Å². The lowest BCUT2D eigenvalue weighted by molar-refractivity contribution is 0.592. The molecule has 0 saturated heterocycles. The predicted molar refractivity (Wildman–Crippen MR) is 75.3 cm³/mol. The summed E-state index contributed by atoms with van der Waals surface area (Å²) in [5.41, 5.74) is 1.30. The molecule has 0 N–H and O–H groups in total. The average molecular weight is 304 g/mol. The highest BCUT2D eigenvalue weighted by Gasteiger charge is 2.17. The number of nitriles is 1. The fraction of sp³-hybridized carbons (Fsp3) is 0.0667. The molecule has 0 atom stereocenters. The Hall–Kier alpha value is -2.45. The molecule has 0 aliphatic carbocycles. The van der Waals surface area contributed by atoms with Crippen LogP contribution in [0.25, 0.3) is 16.7 Å². The molecule has 0 radical (unpaired) electrons. The summed E-state index contributed by atoms with van der Waals surface area (Å²) in [5.74, 6) is -0.802. The van der Waals surface area contributed by atoms with E-state index in [1.165, 1.54) is 4.57 Å². The van der Waals surface area contributed by atoms with Crippen LogP contribution in [0.1, 0.15) is 11.4 Å². The van der Waals surface area contributed by atoms with Gasteiger partial charge in [0.15, 0.2) is 0 Å². The summed E-state index contributed by atoms with van der Waals surface area (Å²) in [6.07, 6.45) is 0. The Labute approximate surface area is 124 Å². The van der Waals surface area contributed by atoms with Crippen molar-refractivity contribution in [2.24, 2.45) is 0 Å². The summed E-state index contributed by atoms with van der Waals surface area (Å²) in [6, 6.07) is 10.1. The number of fused-ring (bicyclic) bond motifs is 1. The van der Waals surface area contributed by atoms with E-state index in [0.29, 0.717) is 22.4 Å². The second-order valence-electron chi connectivity index (χ2n) is 4.38. The molecule has 2 aromatic carbocycles. The number of hydrogen-bond donors (Lipinski definition) is 0. The molecule has 1 heterocycles. The number of imidazole rings is 1. The van der Waals surface area contributed by atoms with E-state index in [0.717, 1.165) is 18.2 Å². The van der Waals surface area contributed by atoms with E-state index in [2.05, 4.69) is 4.98 Å². The van der Waals surface area contributed by atoms with E-state index in [4.69, 9.17) is 16.9 Å². The van der Waals surface area contributed by atoms with E-state index in [-0.39, 0.29) is 11.6 Å². The van der Waals surface area contributed by atoms with Gasteiger partial charge in [-0.1, -0.05) is 6.07 Å². The van der Waals surface area contributed by atoms with Crippen LogP contribution in [0.2, 0.25) is 0 Å². The zero-order valence-electron chi connectivity index (χ0n) is 10.6. The third kappa shape index (κ3) is 2.14. The summed E-state index contributed by atoms with van der Waals surface area (Å²) in [5, 5.41) is 9.11. The third-order valence-corrected chi connectivity index (χ3v) is 3.38. The summed E-state index contributed by atoms with van der Waals surface area (Å²) >= 11 is 5.86. The van der Waals surface area contributed by atoms with Crippen molar-refractivity contribution in [1.29, 1.82) is 5.26 Å². The fourth-order valence-corrected chi connectivity index (χ4v) is 2.43. The normalized spacial score (nSPS) is 10.8. The highest BCUT2D eigenvalue weighted by molar-refractivity contribution is 6.17. The summed E-state index contributed by atoms with van der Waals surface area (Å²) in [6.45, 7) is 0. The molecule has 3 rings (SSSR count). The van der Waals surface area contributed by atoms with Gasteiger partial charge in [0.2, 0.25) is 0 Å². The van der Waals surface area contributed by atoms with Crippen LogP contribution in [0.3, 0.4) is 0 Å². The van der Waals surface area contributed by atoms with Gasteiger partial charge in [-0.2, -0.15) is 5.26 Å². The van der Waals surface area contributed by atoms with Gasteiger partial charge in [0.05, 0.1) is 22.6 Å². The van der Waals surface area contributed by atoms with Gasteiger partial charge in [0.1, 0.15) is 29.0 Å². The quantitative estimate of drug-likeness (QED) is 0.673. The number of benzene rings is 2. The molecule has 0 amide bonds. The first-order chi connectivity index (χ1) is 10.2. The highest BCUT2D eigenvalue weighted by atomic mass is 35.5. The molecule has 0 saturated carbocycles. The Morgan fingerprint density at radius 1 is 1.24 bits per heavy atom. The third-order valence-electron chi connectivity index (χ3n) is 3.14. The van der Waals surface area contributed by atoms with Crippen molar-refractivity contribution in [3.8, 4) is 11.8 Å². The van der Waals surface area contributed by atoms with Crippen LogP contribution in [0.15, 0.2) is 36.4 Å². The molecule has 1 aromatic heterocycles. The molecule has 0 unspecified atom stereocenters. The van der Waals surface area contributed by atoms with Crippen LogP contribution in [0, 0.1) is 23.0 Å². The number of hydrogen-bond acceptors (Lipinski definition) is 2. The van der Waals surface area contributed by atoms with E-state index >= 15 is 0 Å². The van der Waals surface area contributed by atoms with Crippen LogP contribution < -0.4 is 0 Å². The topological polar surface area (TPSA) is 41.6 Å². The second-order valence-corrected chi connectivity index (χ2v) is 4.65. The van der Waals surface area contributed by atoms with Crippen molar-refractivity contribution >= 4 is 22.6 Å². The van der Waals surface area contributed by atoms with Crippen LogP contribution in [-0.4, -0.2) is 9.55 Å². The molecule has 0 fully saturated rings. The summed E-state index contributed by atoms with van der Waals surface area (Å²) < 4.78 is 28.9. The van der Waals surface area contributed by atoms with Crippen LogP contribution in [0.5, 0.6) is 0 Å². The summed E-state index contributed by atoms with van der Waals surface area (Å²) in [7, 11) is 0. The van der Waals surface area contributed by atoms with Gasteiger partial charge >= 0.3 is 0 Å². The molecule has 3 aromatic rings. The zero-order valence-corrected chi connectivity index (χ0v) is 11.4. The second kappa shape index (κ2) is 5.15. The molecular formula is C15H8ClF2N3. The maximum absolute atomic E-state index is 14.0. The lowest BCUT2D eigenvalue weighted by Crippen LogP contribution is -2.02. The Bertz CT molecular complexity index is 880. The number of rotatable bonds is 2. The van der Waals surface area contributed by atoms with Crippen LogP contribution in [-0.2, 0) is 5.88 Å². The number of nitrogens with zero attached hydrogens (tertiary/aromatic N) is 3. The Kier molecular flexibility index (Phi) is 3.32. The van der Waals surface area contributed by atoms with Crippen molar-refractivity contribution < 1.29 is 8.78 Å². The maximum atomic E-state index is 14.0. The maximum Gasteiger partial charge on any atom is 0.147 e. The molecule has 0 spiro atoms. The Morgan fingerprint density at radius 3 is 2.76 bits per heavy atom. The molecular weight excluding hydrogens is 296 g/mol. The van der Waals surface area contributed by atoms with E-state index < -0.39 is 11.6 Å². The van der Waals surface area contributed by atoms with Crippen molar-refractivity contribution in [2.75, 3.05) is 0 Å². The molecule has 0 bridgehead atoms. The van der Waals surface area contributed by atoms with Crippen LogP contribution >= 0.6 is 11.6 Å². The zero-order chi connectivity index (χ0) is 15.0. The van der Waals surface area contributed by atoms with Gasteiger partial charge in [0, 0.05) is 6.07 Å². The SMILES string of the molecule is N#Cc1cccc2c1nc(CCl)n2-c1cc(F)ccc1F. The minimum Gasteiger partial charge on any atom is -0.292 e. The average Bonchev–Trinajstić information content (AvgIpc) is 2.88. The van der Waals surface area contributed by atoms with Crippen LogP contribution in [0.4, 0.5) is 8.78 Å². The molecule has 21 heavy (non-hydrogen) atoms. The Morgan fingerprint density at radius 2 is 2.05 bits per heavy atom. The fourth-order valence-electron chi connectivity index (χ4n) is 2.25. The highest BCUT2D eigenvalue weighted by Crippen LogP contribution is 2.26. The number of aromatic nitrogens is 2. The van der Waals surface area contributed by atoms with Crippen molar-refractivity contribution in [2.45, 2.75) is 5.88 Å². The number of para-hydroxylation sites is 1. The van der Waals surface area contributed by atoms with Gasteiger partial charge < -0.3 is 0 Å². The minimum atomic E-state index is -0.593. The van der Waals surface area contributed by atoms with E-state index in [1.807, 2.05) is 6.07 Å².